The predicted molar refractivity (Wildman–Crippen MR) is 61.8 cm³/mol. The minimum Gasteiger partial charge on any atom is -0.387 e. The second kappa shape index (κ2) is 4.94. The smallest absolute Gasteiger partial charge is 0.0232 e. The lowest BCUT2D eigenvalue weighted by Gasteiger charge is -2.19. The number of nitrogens with one attached hydrogen (secondary N) is 1. The van der Waals surface area contributed by atoms with E-state index in [9.17, 15) is 0 Å². The van der Waals surface area contributed by atoms with Crippen LogP contribution in [0.1, 0.15) is 34.1 Å². The van der Waals surface area contributed by atoms with Gasteiger partial charge in [-0.05, 0) is 24.0 Å². The van der Waals surface area contributed by atoms with Crippen LogP contribution in [0.25, 0.3) is 0 Å². The molecule has 0 unspecified atom stereocenters. The van der Waals surface area contributed by atoms with E-state index in [2.05, 4.69) is 33.0 Å². The zero-order chi connectivity index (χ0) is 9.84. The standard InChI is InChI=1S/C11H21NS/c1-8(2)10-11(9(3)4)13-7-5-6-12-10/h8-9,12H,5-7H2,1-4H3. The quantitative estimate of drug-likeness (QED) is 0.733. The molecule has 0 atom stereocenters. The highest BCUT2D eigenvalue weighted by Crippen LogP contribution is 2.31. The molecule has 0 radical (unpaired) electrons. The van der Waals surface area contributed by atoms with Crippen molar-refractivity contribution in [1.29, 1.82) is 0 Å². The molecule has 0 fully saturated rings. The highest BCUT2D eigenvalue weighted by Gasteiger charge is 2.16. The van der Waals surface area contributed by atoms with Gasteiger partial charge in [0.25, 0.3) is 0 Å². The Labute approximate surface area is 86.4 Å². The Morgan fingerprint density at radius 3 is 2.38 bits per heavy atom. The van der Waals surface area contributed by atoms with Crippen LogP contribution in [-0.4, -0.2) is 12.3 Å². The SMILES string of the molecule is CC(C)C1=C(C(C)C)SCCCN1. The molecule has 1 heterocycles. The fraction of sp³-hybridized carbons (Fsp3) is 0.818. The molecule has 0 spiro atoms. The Morgan fingerprint density at radius 1 is 1.15 bits per heavy atom. The maximum atomic E-state index is 3.57. The normalized spacial score (nSPS) is 19.2. The van der Waals surface area contributed by atoms with Gasteiger partial charge in [0, 0.05) is 17.1 Å². The third-order valence-corrected chi connectivity index (χ3v) is 3.76. The molecule has 13 heavy (non-hydrogen) atoms. The Hall–Kier alpha value is -0.110. The Morgan fingerprint density at radius 2 is 1.85 bits per heavy atom. The Bertz CT molecular complexity index is 174. The number of thioether (sulfide) groups is 1. The molecule has 1 nitrogen and oxygen atoms in total. The monoisotopic (exact) mass is 199 g/mol. The summed E-state index contributed by atoms with van der Waals surface area (Å²) in [6, 6.07) is 0. The summed E-state index contributed by atoms with van der Waals surface area (Å²) >= 11 is 2.05. The summed E-state index contributed by atoms with van der Waals surface area (Å²) in [5.74, 6) is 2.59. The van der Waals surface area contributed by atoms with Crippen LogP contribution < -0.4 is 5.32 Å². The third kappa shape index (κ3) is 2.94. The van der Waals surface area contributed by atoms with Gasteiger partial charge in [-0.15, -0.1) is 11.8 Å². The van der Waals surface area contributed by atoms with Crippen molar-refractivity contribution >= 4 is 11.8 Å². The minimum absolute atomic E-state index is 0.642. The molecule has 1 aliphatic heterocycles. The van der Waals surface area contributed by atoms with Crippen LogP contribution in [0.15, 0.2) is 10.6 Å². The van der Waals surface area contributed by atoms with Crippen LogP contribution in [0.5, 0.6) is 0 Å². The molecule has 0 bridgehead atoms. The van der Waals surface area contributed by atoms with Crippen molar-refractivity contribution in [2.24, 2.45) is 11.8 Å². The van der Waals surface area contributed by atoms with E-state index in [1.54, 1.807) is 4.91 Å². The fourth-order valence-corrected chi connectivity index (χ4v) is 2.91. The fourth-order valence-electron chi connectivity index (χ4n) is 1.61. The zero-order valence-electron chi connectivity index (χ0n) is 9.18. The summed E-state index contributed by atoms with van der Waals surface area (Å²) in [4.78, 5) is 1.58. The summed E-state index contributed by atoms with van der Waals surface area (Å²) in [5.41, 5.74) is 1.48. The van der Waals surface area contributed by atoms with E-state index in [1.807, 2.05) is 11.8 Å². The number of hydrogen-bond donors (Lipinski definition) is 1. The van der Waals surface area contributed by atoms with Crippen LogP contribution in [0, 0.1) is 11.8 Å². The van der Waals surface area contributed by atoms with E-state index in [0.717, 1.165) is 6.54 Å². The van der Waals surface area contributed by atoms with Crippen molar-refractivity contribution in [3.05, 3.63) is 10.6 Å². The van der Waals surface area contributed by atoms with Crippen molar-refractivity contribution < 1.29 is 0 Å². The van der Waals surface area contributed by atoms with E-state index in [-0.39, 0.29) is 0 Å². The van der Waals surface area contributed by atoms with Crippen molar-refractivity contribution in [3.63, 3.8) is 0 Å². The first kappa shape index (κ1) is 11.0. The van der Waals surface area contributed by atoms with Crippen molar-refractivity contribution in [1.82, 2.24) is 5.32 Å². The first-order chi connectivity index (χ1) is 6.13. The molecule has 0 aromatic heterocycles. The van der Waals surface area contributed by atoms with E-state index in [4.69, 9.17) is 0 Å². The van der Waals surface area contributed by atoms with Gasteiger partial charge in [0.2, 0.25) is 0 Å². The summed E-state index contributed by atoms with van der Waals surface area (Å²) in [6.45, 7) is 10.3. The van der Waals surface area contributed by atoms with Crippen LogP contribution in [-0.2, 0) is 0 Å². The van der Waals surface area contributed by atoms with Gasteiger partial charge in [-0.2, -0.15) is 0 Å². The summed E-state index contributed by atoms with van der Waals surface area (Å²) in [7, 11) is 0. The molecule has 0 aromatic rings. The molecule has 0 amide bonds. The molecule has 2 heteroatoms. The lowest BCUT2D eigenvalue weighted by molar-refractivity contribution is 0.630. The third-order valence-electron chi connectivity index (χ3n) is 2.26. The van der Waals surface area contributed by atoms with Crippen LogP contribution in [0.4, 0.5) is 0 Å². The van der Waals surface area contributed by atoms with Gasteiger partial charge in [0.15, 0.2) is 0 Å². The van der Waals surface area contributed by atoms with Crippen molar-refractivity contribution in [2.75, 3.05) is 12.3 Å². The van der Waals surface area contributed by atoms with E-state index < -0.39 is 0 Å². The highest BCUT2D eigenvalue weighted by molar-refractivity contribution is 8.03. The van der Waals surface area contributed by atoms with Crippen LogP contribution in [0.2, 0.25) is 0 Å². The van der Waals surface area contributed by atoms with Crippen molar-refractivity contribution in [3.8, 4) is 0 Å². The maximum absolute atomic E-state index is 3.57. The second-order valence-electron chi connectivity index (χ2n) is 4.22. The van der Waals surface area contributed by atoms with Gasteiger partial charge in [-0.1, -0.05) is 27.7 Å². The number of hydrogen-bond acceptors (Lipinski definition) is 2. The number of rotatable bonds is 2. The molecule has 0 aromatic carbocycles. The van der Waals surface area contributed by atoms with Gasteiger partial charge in [-0.25, -0.2) is 0 Å². The first-order valence-electron chi connectivity index (χ1n) is 5.23. The number of allylic oxidation sites excluding steroid dienone is 2. The van der Waals surface area contributed by atoms with E-state index in [0.29, 0.717) is 11.8 Å². The summed E-state index contributed by atoms with van der Waals surface area (Å²) in [5, 5.41) is 3.57. The predicted octanol–water partition coefficient (Wildman–Crippen LogP) is 3.24. The molecule has 1 N–H and O–H groups in total. The molecule has 76 valence electrons. The minimum atomic E-state index is 0.642. The maximum Gasteiger partial charge on any atom is 0.0232 e. The Kier molecular flexibility index (Phi) is 4.17. The highest BCUT2D eigenvalue weighted by atomic mass is 32.2. The van der Waals surface area contributed by atoms with E-state index in [1.165, 1.54) is 17.9 Å². The van der Waals surface area contributed by atoms with Gasteiger partial charge in [0.1, 0.15) is 0 Å². The average molecular weight is 199 g/mol. The zero-order valence-corrected chi connectivity index (χ0v) is 10.0. The van der Waals surface area contributed by atoms with E-state index >= 15 is 0 Å². The van der Waals surface area contributed by atoms with Crippen LogP contribution in [0.3, 0.4) is 0 Å². The molecule has 0 aliphatic carbocycles. The summed E-state index contributed by atoms with van der Waals surface area (Å²) < 4.78 is 0. The van der Waals surface area contributed by atoms with Gasteiger partial charge in [-0.3, -0.25) is 0 Å². The lowest BCUT2D eigenvalue weighted by atomic mass is 10.1. The molecule has 0 saturated carbocycles. The second-order valence-corrected chi connectivity index (χ2v) is 5.35. The molecule has 1 aliphatic rings. The van der Waals surface area contributed by atoms with Crippen LogP contribution >= 0.6 is 11.8 Å². The Balaban J connectivity index is 2.85. The van der Waals surface area contributed by atoms with Gasteiger partial charge in [0.05, 0.1) is 0 Å². The first-order valence-corrected chi connectivity index (χ1v) is 6.22. The van der Waals surface area contributed by atoms with Gasteiger partial charge >= 0.3 is 0 Å². The summed E-state index contributed by atoms with van der Waals surface area (Å²) in [6.07, 6.45) is 1.29. The topological polar surface area (TPSA) is 12.0 Å². The van der Waals surface area contributed by atoms with Crippen molar-refractivity contribution in [2.45, 2.75) is 34.1 Å². The lowest BCUT2D eigenvalue weighted by Crippen LogP contribution is -2.19. The molecule has 0 saturated heterocycles. The molecule has 1 rings (SSSR count). The molecular weight excluding hydrogens is 178 g/mol. The average Bonchev–Trinajstić information content (AvgIpc) is 2.27. The molecular formula is C11H21NS. The van der Waals surface area contributed by atoms with Gasteiger partial charge < -0.3 is 5.32 Å². The largest absolute Gasteiger partial charge is 0.387 e.